The van der Waals surface area contributed by atoms with E-state index in [4.69, 9.17) is 29.1 Å². The maximum Gasteiger partial charge on any atom is 0.143 e. The minimum absolute atomic E-state index is 0.370. The van der Waals surface area contributed by atoms with Crippen molar-refractivity contribution >= 4 is 54.3 Å². The first-order valence-electron chi connectivity index (χ1n) is 25.7. The van der Waals surface area contributed by atoms with Gasteiger partial charge in [-0.05, 0) is 78.3 Å². The highest BCUT2D eigenvalue weighted by Gasteiger charge is 2.13. The van der Waals surface area contributed by atoms with Crippen molar-refractivity contribution in [2.75, 3.05) is 0 Å². The normalized spacial score (nSPS) is 20.2. The zero-order valence-corrected chi connectivity index (χ0v) is 21.4. The first-order valence-corrected chi connectivity index (χ1v) is 12.7. The Morgan fingerprint density at radius 2 is 0.814 bits per heavy atom. The monoisotopic (exact) mass is 572 g/mol. The van der Waals surface area contributed by atoms with Gasteiger partial charge in [0.05, 0.1) is 35.6 Å². The molecular formula is C42H26O. The summed E-state index contributed by atoms with van der Waals surface area (Å²) in [6.07, 6.45) is 0. The van der Waals surface area contributed by atoms with E-state index in [0.29, 0.717) is 0 Å². The quantitative estimate of drug-likeness (QED) is 0.192. The SMILES string of the molecule is [2H]c1c([2H])c(-c2c([2H])c([2H])c(-c3c([2H])c([2H])c4c5c([2H])c([2H])c([2H])c([2H])c5c5c([2H])c([2H])c([2H])c([2H])c5c4c3[2H])c([2H])c2[2H])c([2H])c(-c2c([2H])c([2H])c([2H])c3c2oc2c([2H])c([2H])c([2H])c([2H])c23)c1[2H]. The van der Waals surface area contributed by atoms with E-state index in [1.807, 2.05) is 0 Å². The van der Waals surface area contributed by atoms with Crippen molar-refractivity contribution in [2.45, 2.75) is 0 Å². The Hall–Kier alpha value is -5.66. The lowest BCUT2D eigenvalue weighted by Gasteiger charge is -2.12. The molecular weight excluding hydrogens is 520 g/mol. The van der Waals surface area contributed by atoms with Crippen LogP contribution in [-0.2, 0) is 0 Å². The Kier molecular flexibility index (Phi) is 2.13. The van der Waals surface area contributed by atoms with Crippen molar-refractivity contribution in [3.8, 4) is 33.4 Å². The molecule has 43 heavy (non-hydrogen) atoms. The summed E-state index contributed by atoms with van der Waals surface area (Å²) in [5, 5.41) is -3.74. The summed E-state index contributed by atoms with van der Waals surface area (Å²) >= 11 is 0. The Morgan fingerprint density at radius 3 is 1.51 bits per heavy atom. The molecule has 0 N–H and O–H groups in total. The van der Waals surface area contributed by atoms with Crippen LogP contribution in [0.25, 0.3) is 87.6 Å². The fourth-order valence-electron chi connectivity index (χ4n) is 4.94. The fraction of sp³-hybridized carbons (Fsp3) is 0. The molecule has 0 unspecified atom stereocenters. The van der Waals surface area contributed by atoms with Crippen LogP contribution >= 0.6 is 0 Å². The lowest BCUT2D eigenvalue weighted by Crippen LogP contribution is -1.86. The average molecular weight is 573 g/mol. The van der Waals surface area contributed by atoms with E-state index in [9.17, 15) is 11.0 Å². The van der Waals surface area contributed by atoms with Gasteiger partial charge >= 0.3 is 0 Å². The average Bonchev–Trinajstić information content (AvgIpc) is 3.72. The van der Waals surface area contributed by atoms with Crippen LogP contribution in [0.4, 0.5) is 0 Å². The van der Waals surface area contributed by atoms with Gasteiger partial charge < -0.3 is 4.42 Å². The van der Waals surface area contributed by atoms with Crippen LogP contribution in [0.5, 0.6) is 0 Å². The molecule has 1 heteroatoms. The lowest BCUT2D eigenvalue weighted by atomic mass is 9.91. The van der Waals surface area contributed by atoms with E-state index in [0.717, 1.165) is 0 Å². The fourth-order valence-corrected chi connectivity index (χ4v) is 4.94. The minimum atomic E-state index is -1.06. The molecule has 0 fully saturated rings. The summed E-state index contributed by atoms with van der Waals surface area (Å²) in [6.45, 7) is 0. The predicted molar refractivity (Wildman–Crippen MR) is 183 cm³/mol. The number of hydrogen-bond acceptors (Lipinski definition) is 1. The van der Waals surface area contributed by atoms with Crippen molar-refractivity contribution < 1.29 is 40.1 Å². The molecule has 1 nitrogen and oxygen atoms in total. The zero-order valence-electron chi connectivity index (χ0n) is 47.4. The van der Waals surface area contributed by atoms with Crippen LogP contribution < -0.4 is 0 Å². The number of para-hydroxylation sites is 2. The van der Waals surface area contributed by atoms with Crippen LogP contribution in [-0.4, -0.2) is 0 Å². The Bertz CT molecular complexity index is 3890. The molecule has 0 aliphatic rings. The highest BCUT2D eigenvalue weighted by Crippen LogP contribution is 2.39. The topological polar surface area (TPSA) is 13.1 Å². The van der Waals surface area contributed by atoms with Crippen molar-refractivity contribution in [3.63, 3.8) is 0 Å². The van der Waals surface area contributed by atoms with Crippen LogP contribution in [0.3, 0.4) is 0 Å². The smallest absolute Gasteiger partial charge is 0.143 e. The molecule has 0 spiro atoms. The molecule has 1 aromatic heterocycles. The van der Waals surface area contributed by atoms with E-state index in [2.05, 4.69) is 0 Å². The van der Waals surface area contributed by atoms with Crippen molar-refractivity contribution in [2.24, 2.45) is 0 Å². The third-order valence-electron chi connectivity index (χ3n) is 6.87. The van der Waals surface area contributed by atoms with Gasteiger partial charge in [0.15, 0.2) is 0 Å². The van der Waals surface area contributed by atoms with Crippen LogP contribution in [0.2, 0.25) is 0 Å². The summed E-state index contributed by atoms with van der Waals surface area (Å²) in [6, 6.07) is -22.6. The first-order chi connectivity index (χ1) is 32.2. The molecule has 200 valence electrons. The number of rotatable bonds is 3. The van der Waals surface area contributed by atoms with Gasteiger partial charge in [0.2, 0.25) is 0 Å². The number of hydrogen-bond donors (Lipinski definition) is 0. The highest BCUT2D eigenvalue weighted by molar-refractivity contribution is 6.25. The molecule has 0 saturated heterocycles. The van der Waals surface area contributed by atoms with E-state index in [-0.39, 0.29) is 5.39 Å². The standard InChI is InChI=1S/C42H26O/c1-2-13-35-33(11-1)34-12-3-4-14-36(34)40-26-30(23-24-37(35)40)28-21-19-27(20-22-28)29-9-7-10-31(25-29)32-16-8-17-39-38-15-5-6-18-41(38)43-42(32)39/h1-26H/i1D,2D,3D,4D,5D,6D,7D,8D,9D,10D,11D,12D,13D,14D,15D,16D,17D,18D,19D,20D,21D,22D,23D,24D,25D,26D. The van der Waals surface area contributed by atoms with Gasteiger partial charge in [-0.15, -0.1) is 0 Å². The molecule has 0 aliphatic heterocycles. The molecule has 0 saturated carbocycles. The number of benzene rings is 8. The van der Waals surface area contributed by atoms with Crippen LogP contribution in [0.1, 0.15) is 35.6 Å². The second kappa shape index (κ2) is 9.44. The molecule has 0 bridgehead atoms. The summed E-state index contributed by atoms with van der Waals surface area (Å²) in [5.74, 6) is 0. The van der Waals surface area contributed by atoms with E-state index in [1.54, 1.807) is 0 Å². The van der Waals surface area contributed by atoms with E-state index in [1.165, 1.54) is 0 Å². The maximum atomic E-state index is 9.54. The predicted octanol–water partition coefficient (Wildman–Crippen LogP) is 12.0. The molecule has 9 rings (SSSR count). The molecule has 0 radical (unpaired) electrons. The Morgan fingerprint density at radius 1 is 0.326 bits per heavy atom. The molecule has 8 aromatic carbocycles. The van der Waals surface area contributed by atoms with Gasteiger partial charge in [-0.3, -0.25) is 0 Å². The minimum Gasteiger partial charge on any atom is -0.455 e. The Labute approximate surface area is 285 Å². The summed E-state index contributed by atoms with van der Waals surface area (Å²) in [5.41, 5.74) is -5.76. The van der Waals surface area contributed by atoms with Gasteiger partial charge in [-0.2, -0.15) is 0 Å². The van der Waals surface area contributed by atoms with Gasteiger partial charge in [-0.1, -0.05) is 139 Å². The van der Waals surface area contributed by atoms with Crippen molar-refractivity contribution in [3.05, 3.63) is 157 Å². The molecule has 0 atom stereocenters. The van der Waals surface area contributed by atoms with Crippen molar-refractivity contribution in [1.29, 1.82) is 0 Å². The van der Waals surface area contributed by atoms with Gasteiger partial charge in [0, 0.05) is 16.3 Å². The first kappa shape index (κ1) is 9.69. The van der Waals surface area contributed by atoms with Crippen LogP contribution in [0.15, 0.2) is 162 Å². The molecule has 0 aliphatic carbocycles. The second-order valence-corrected chi connectivity index (χ2v) is 9.26. The van der Waals surface area contributed by atoms with Gasteiger partial charge in [0.25, 0.3) is 0 Å². The van der Waals surface area contributed by atoms with Crippen molar-refractivity contribution in [1.82, 2.24) is 0 Å². The second-order valence-electron chi connectivity index (χ2n) is 9.26. The largest absolute Gasteiger partial charge is 0.455 e. The van der Waals surface area contributed by atoms with Gasteiger partial charge in [-0.25, -0.2) is 0 Å². The lowest BCUT2D eigenvalue weighted by molar-refractivity contribution is 0.670. The highest BCUT2D eigenvalue weighted by atomic mass is 16.3. The third-order valence-corrected chi connectivity index (χ3v) is 6.87. The molecule has 1 heterocycles. The third kappa shape index (κ3) is 3.79. The zero-order chi connectivity index (χ0) is 51.0. The number of fused-ring (bicyclic) bond motifs is 9. The summed E-state index contributed by atoms with van der Waals surface area (Å²) < 4.78 is 236. The van der Waals surface area contributed by atoms with Gasteiger partial charge in [0.1, 0.15) is 11.2 Å². The summed E-state index contributed by atoms with van der Waals surface area (Å²) in [4.78, 5) is 0. The van der Waals surface area contributed by atoms with Crippen LogP contribution in [0, 0.1) is 0 Å². The van der Waals surface area contributed by atoms with E-state index >= 15 is 0 Å². The maximum absolute atomic E-state index is 9.54. The number of furan rings is 1. The van der Waals surface area contributed by atoms with E-state index < -0.39 is 239 Å². The summed E-state index contributed by atoms with van der Waals surface area (Å²) in [7, 11) is 0. The Balaban J connectivity index is 1.41. The molecule has 0 amide bonds. The molecule has 9 aromatic rings.